The van der Waals surface area contributed by atoms with Crippen LogP contribution in [0.1, 0.15) is 27.2 Å². The van der Waals surface area contributed by atoms with E-state index in [9.17, 15) is 14.3 Å². The minimum Gasteiger partial charge on any atom is -0.478 e. The lowest BCUT2D eigenvalue weighted by atomic mass is 9.95. The van der Waals surface area contributed by atoms with Crippen LogP contribution in [-0.4, -0.2) is 21.9 Å². The van der Waals surface area contributed by atoms with Crippen molar-refractivity contribution in [1.29, 1.82) is 5.41 Å². The molecule has 4 N–H and O–H groups in total. The number of hydrogen-bond donors (Lipinski definition) is 3. The molecule has 0 aliphatic rings. The van der Waals surface area contributed by atoms with E-state index in [4.69, 9.17) is 11.1 Å². The van der Waals surface area contributed by atoms with E-state index in [0.29, 0.717) is 16.9 Å². The summed E-state index contributed by atoms with van der Waals surface area (Å²) in [6.45, 7) is 3.80. The standard InChI is InChI=1S/C24H20FN3O2/c1-13-8-15(24(29)30)6-7-19(13)23-14(2)28(18-5-3-4-17(25)10-18)22-9-16(12-26)21(27)11-20(22)23/h3-12,26H,27H2,1-2H3,(H,29,30). The third-order valence-electron chi connectivity index (χ3n) is 5.37. The third-order valence-corrected chi connectivity index (χ3v) is 5.37. The molecule has 30 heavy (non-hydrogen) atoms. The number of anilines is 1. The number of aryl methyl sites for hydroxylation is 1. The molecule has 0 spiro atoms. The van der Waals surface area contributed by atoms with Gasteiger partial charge in [-0.3, -0.25) is 0 Å². The van der Waals surface area contributed by atoms with E-state index >= 15 is 0 Å². The summed E-state index contributed by atoms with van der Waals surface area (Å²) in [7, 11) is 0. The Bertz CT molecular complexity index is 1340. The van der Waals surface area contributed by atoms with Crippen LogP contribution in [0.15, 0.2) is 54.6 Å². The number of aromatic nitrogens is 1. The number of carboxylic acids is 1. The number of halogens is 1. The van der Waals surface area contributed by atoms with Crippen molar-refractivity contribution >= 4 is 28.8 Å². The van der Waals surface area contributed by atoms with Crippen LogP contribution in [-0.2, 0) is 0 Å². The summed E-state index contributed by atoms with van der Waals surface area (Å²) in [4.78, 5) is 11.3. The molecular weight excluding hydrogens is 381 g/mol. The van der Waals surface area contributed by atoms with Crippen molar-refractivity contribution in [2.24, 2.45) is 0 Å². The SMILES string of the molecule is Cc1cc(C(=O)O)ccc1-c1c(C)n(-c2cccc(F)c2)c2cc(C=N)c(N)cc12. The topological polar surface area (TPSA) is 92.1 Å². The van der Waals surface area contributed by atoms with Gasteiger partial charge in [0.15, 0.2) is 0 Å². The van der Waals surface area contributed by atoms with Crippen molar-refractivity contribution in [3.8, 4) is 16.8 Å². The van der Waals surface area contributed by atoms with Crippen molar-refractivity contribution in [2.75, 3.05) is 5.73 Å². The monoisotopic (exact) mass is 401 g/mol. The largest absolute Gasteiger partial charge is 0.478 e. The average molecular weight is 401 g/mol. The highest BCUT2D eigenvalue weighted by Crippen LogP contribution is 2.40. The summed E-state index contributed by atoms with van der Waals surface area (Å²) >= 11 is 0. The molecule has 3 aromatic carbocycles. The van der Waals surface area contributed by atoms with Crippen LogP contribution in [0.3, 0.4) is 0 Å². The van der Waals surface area contributed by atoms with Gasteiger partial charge in [-0.05, 0) is 67.4 Å². The Morgan fingerprint density at radius 3 is 2.53 bits per heavy atom. The number of aromatic carboxylic acids is 1. The van der Waals surface area contributed by atoms with Crippen LogP contribution in [0.4, 0.5) is 10.1 Å². The van der Waals surface area contributed by atoms with Gasteiger partial charge in [0.2, 0.25) is 0 Å². The lowest BCUT2D eigenvalue weighted by molar-refractivity contribution is 0.0697. The van der Waals surface area contributed by atoms with Gasteiger partial charge in [0.05, 0.1) is 11.1 Å². The first kappa shape index (κ1) is 19.4. The number of nitrogens with one attached hydrogen (secondary N) is 1. The molecule has 0 unspecified atom stereocenters. The minimum absolute atomic E-state index is 0.216. The summed E-state index contributed by atoms with van der Waals surface area (Å²) in [5.41, 5.74) is 12.3. The van der Waals surface area contributed by atoms with Gasteiger partial charge in [0.25, 0.3) is 0 Å². The highest BCUT2D eigenvalue weighted by Gasteiger charge is 2.20. The number of fused-ring (bicyclic) bond motifs is 1. The second-order valence-corrected chi connectivity index (χ2v) is 7.25. The van der Waals surface area contributed by atoms with Crippen molar-refractivity contribution in [2.45, 2.75) is 13.8 Å². The first-order valence-electron chi connectivity index (χ1n) is 9.37. The molecule has 0 saturated carbocycles. The first-order chi connectivity index (χ1) is 14.3. The number of carboxylic acid groups (broad SMARTS) is 1. The number of rotatable bonds is 4. The van der Waals surface area contributed by atoms with Crippen LogP contribution >= 0.6 is 0 Å². The molecule has 150 valence electrons. The molecular formula is C24H20FN3O2. The van der Waals surface area contributed by atoms with Gasteiger partial charge in [-0.15, -0.1) is 0 Å². The second-order valence-electron chi connectivity index (χ2n) is 7.25. The number of nitrogen functional groups attached to an aromatic ring is 1. The molecule has 0 atom stereocenters. The summed E-state index contributed by atoms with van der Waals surface area (Å²) in [6.07, 6.45) is 1.19. The summed E-state index contributed by atoms with van der Waals surface area (Å²) in [5.74, 6) is -1.33. The smallest absolute Gasteiger partial charge is 0.335 e. The lowest BCUT2D eigenvalue weighted by Crippen LogP contribution is -1.99. The van der Waals surface area contributed by atoms with E-state index in [1.54, 1.807) is 24.3 Å². The minimum atomic E-state index is -0.983. The van der Waals surface area contributed by atoms with Gasteiger partial charge in [-0.25, -0.2) is 9.18 Å². The average Bonchev–Trinajstić information content (AvgIpc) is 2.98. The molecule has 5 nitrogen and oxygen atoms in total. The highest BCUT2D eigenvalue weighted by molar-refractivity contribution is 6.05. The Morgan fingerprint density at radius 1 is 1.13 bits per heavy atom. The fraction of sp³-hybridized carbons (Fsp3) is 0.0833. The van der Waals surface area contributed by atoms with Gasteiger partial charge in [-0.1, -0.05) is 12.1 Å². The zero-order valence-electron chi connectivity index (χ0n) is 16.5. The maximum atomic E-state index is 14.0. The highest BCUT2D eigenvalue weighted by atomic mass is 19.1. The zero-order chi connectivity index (χ0) is 21.6. The van der Waals surface area contributed by atoms with Crippen LogP contribution in [0.2, 0.25) is 0 Å². The predicted octanol–water partition coefficient (Wildman–Crippen LogP) is 5.33. The molecule has 0 aliphatic heterocycles. The van der Waals surface area contributed by atoms with Crippen molar-refractivity contribution < 1.29 is 14.3 Å². The quantitative estimate of drug-likeness (QED) is 0.319. The van der Waals surface area contributed by atoms with Crippen molar-refractivity contribution in [3.05, 3.63) is 82.8 Å². The van der Waals surface area contributed by atoms with Crippen molar-refractivity contribution in [1.82, 2.24) is 4.57 Å². The molecule has 0 radical (unpaired) electrons. The Balaban J connectivity index is 2.11. The number of hydrogen-bond acceptors (Lipinski definition) is 3. The summed E-state index contributed by atoms with van der Waals surface area (Å²) in [6, 6.07) is 15.0. The first-order valence-corrected chi connectivity index (χ1v) is 9.37. The number of nitrogens with two attached hydrogens (primary N) is 1. The van der Waals surface area contributed by atoms with Crippen LogP contribution in [0.25, 0.3) is 27.7 Å². The normalized spacial score (nSPS) is 11.0. The molecule has 0 amide bonds. The van der Waals surface area contributed by atoms with Crippen LogP contribution < -0.4 is 5.73 Å². The Labute approximate surface area is 172 Å². The summed E-state index contributed by atoms with van der Waals surface area (Å²) < 4.78 is 15.9. The van der Waals surface area contributed by atoms with Gasteiger partial charge in [-0.2, -0.15) is 0 Å². The second kappa shape index (κ2) is 7.15. The molecule has 4 rings (SSSR count). The van der Waals surface area contributed by atoms with Gasteiger partial charge in [0, 0.05) is 39.8 Å². The third kappa shape index (κ3) is 3.03. The molecule has 1 aromatic heterocycles. The van der Waals surface area contributed by atoms with E-state index < -0.39 is 5.97 Å². The van der Waals surface area contributed by atoms with E-state index in [2.05, 4.69) is 0 Å². The van der Waals surface area contributed by atoms with Gasteiger partial charge < -0.3 is 20.8 Å². The van der Waals surface area contributed by atoms with E-state index in [1.807, 2.05) is 36.6 Å². The number of carbonyl (C=O) groups is 1. The number of nitrogens with zero attached hydrogens (tertiary/aromatic N) is 1. The van der Waals surface area contributed by atoms with E-state index in [0.717, 1.165) is 33.3 Å². The molecule has 0 aliphatic carbocycles. The zero-order valence-corrected chi connectivity index (χ0v) is 16.5. The van der Waals surface area contributed by atoms with E-state index in [-0.39, 0.29) is 11.4 Å². The Morgan fingerprint density at radius 2 is 1.90 bits per heavy atom. The van der Waals surface area contributed by atoms with Crippen LogP contribution in [0, 0.1) is 25.1 Å². The maximum Gasteiger partial charge on any atom is 0.335 e. The molecule has 6 heteroatoms. The Hall–Kier alpha value is -3.93. The van der Waals surface area contributed by atoms with Crippen molar-refractivity contribution in [3.63, 3.8) is 0 Å². The molecule has 4 aromatic rings. The Kier molecular flexibility index (Phi) is 4.62. The molecule has 0 bridgehead atoms. The van der Waals surface area contributed by atoms with Crippen LogP contribution in [0.5, 0.6) is 0 Å². The maximum absolute atomic E-state index is 14.0. The molecule has 0 fully saturated rings. The van der Waals surface area contributed by atoms with E-state index in [1.165, 1.54) is 18.3 Å². The fourth-order valence-corrected chi connectivity index (χ4v) is 3.98. The molecule has 0 saturated heterocycles. The predicted molar refractivity (Wildman–Crippen MR) is 117 cm³/mol. The lowest BCUT2D eigenvalue weighted by Gasteiger charge is -2.11. The van der Waals surface area contributed by atoms with Gasteiger partial charge >= 0.3 is 5.97 Å². The number of benzene rings is 3. The molecule has 1 heterocycles. The fourth-order valence-electron chi connectivity index (χ4n) is 3.98. The summed E-state index contributed by atoms with van der Waals surface area (Å²) in [5, 5.41) is 17.8. The van der Waals surface area contributed by atoms with Gasteiger partial charge in [0.1, 0.15) is 5.82 Å².